The molecule has 0 unspecified atom stereocenters. The van der Waals surface area contributed by atoms with Crippen LogP contribution in [0.2, 0.25) is 4.34 Å². The van der Waals surface area contributed by atoms with Crippen molar-refractivity contribution in [2.75, 3.05) is 31.3 Å². The summed E-state index contributed by atoms with van der Waals surface area (Å²) in [4.78, 5) is 24.4. The molecule has 1 amide bonds. The van der Waals surface area contributed by atoms with Gasteiger partial charge in [0.25, 0.3) is 0 Å². The summed E-state index contributed by atoms with van der Waals surface area (Å²) in [7, 11) is 0.161. The zero-order chi connectivity index (χ0) is 24.5. The monoisotopic (exact) mass is 525 g/mol. The third-order valence-electron chi connectivity index (χ3n) is 5.42. The number of aryl methyl sites for hydroxylation is 1. The molecule has 2 N–H and O–H groups in total. The number of H-pyrrole nitrogens is 1. The lowest BCUT2D eigenvalue weighted by molar-refractivity contribution is -0.118. The van der Waals surface area contributed by atoms with Crippen molar-refractivity contribution in [2.45, 2.75) is 25.4 Å². The van der Waals surface area contributed by atoms with Crippen LogP contribution in [0.3, 0.4) is 0 Å². The topological polar surface area (TPSA) is 98.4 Å². The maximum atomic E-state index is 15.0. The van der Waals surface area contributed by atoms with Gasteiger partial charge in [0.1, 0.15) is 17.7 Å². The van der Waals surface area contributed by atoms with Crippen molar-refractivity contribution in [2.24, 2.45) is 0 Å². The Morgan fingerprint density at radius 2 is 2.12 bits per heavy atom. The molecule has 2 aromatic heterocycles. The normalized spacial score (nSPS) is 16.7. The highest BCUT2D eigenvalue weighted by molar-refractivity contribution is 7.89. The highest BCUT2D eigenvalue weighted by Crippen LogP contribution is 2.29. The maximum Gasteiger partial charge on any atom is 0.245 e. The summed E-state index contributed by atoms with van der Waals surface area (Å²) in [5.74, 6) is -0.426. The number of benzene rings is 1. The van der Waals surface area contributed by atoms with Gasteiger partial charge >= 0.3 is 0 Å². The van der Waals surface area contributed by atoms with Crippen LogP contribution in [0.5, 0.6) is 0 Å². The second kappa shape index (κ2) is 10.1. The maximum absolute atomic E-state index is 15.0. The molecule has 1 saturated heterocycles. The van der Waals surface area contributed by atoms with E-state index in [2.05, 4.69) is 14.7 Å². The zero-order valence-electron chi connectivity index (χ0n) is 18.7. The lowest BCUT2D eigenvalue weighted by Crippen LogP contribution is -2.42. The number of aromatic nitrogens is 2. The number of anilines is 1. The van der Waals surface area contributed by atoms with Crippen LogP contribution in [0.15, 0.2) is 36.5 Å². The van der Waals surface area contributed by atoms with Gasteiger partial charge in [-0.25, -0.2) is 22.5 Å². The summed E-state index contributed by atoms with van der Waals surface area (Å²) in [6.07, 6.45) is 2.21. The van der Waals surface area contributed by atoms with E-state index in [4.69, 9.17) is 11.6 Å². The average Bonchev–Trinajstić information content (AvgIpc) is 3.48. The first-order valence-corrected chi connectivity index (χ1v) is 13.5. The molecule has 1 aliphatic heterocycles. The van der Waals surface area contributed by atoms with Gasteiger partial charge < -0.3 is 14.8 Å². The second-order valence-corrected chi connectivity index (χ2v) is 12.0. The molecule has 34 heavy (non-hydrogen) atoms. The molecule has 1 atom stereocenters. The molecule has 0 spiro atoms. The van der Waals surface area contributed by atoms with Crippen molar-refractivity contribution < 1.29 is 17.6 Å². The van der Waals surface area contributed by atoms with E-state index < -0.39 is 27.8 Å². The molecule has 0 aliphatic carbocycles. The number of hydrogen-bond acceptors (Lipinski definition) is 6. The largest absolute Gasteiger partial charge is 0.341 e. The predicted octanol–water partition coefficient (Wildman–Crippen LogP) is 3.26. The quantitative estimate of drug-likeness (QED) is 0.447. The van der Waals surface area contributed by atoms with Gasteiger partial charge in [0.05, 0.1) is 34.2 Å². The standard InChI is InChI=1S/C22H25ClFN5O3S2/c1-28(2)13-21-25-12-18(26-21)14-3-5-19(16(24)11-14)29-9-7-17(22(29)30)27-34(31,32)10-8-15-4-6-20(23)33-15/h3-6,11-12,17,27H,7-10,13H2,1-2H3,(H,25,26)/t17-/m0/s1. The van der Waals surface area contributed by atoms with Gasteiger partial charge in [-0.1, -0.05) is 17.7 Å². The molecule has 0 radical (unpaired) electrons. The molecule has 12 heteroatoms. The minimum atomic E-state index is -3.69. The van der Waals surface area contributed by atoms with Crippen LogP contribution < -0.4 is 9.62 Å². The Balaban J connectivity index is 1.41. The molecule has 4 rings (SSSR count). The van der Waals surface area contributed by atoms with Gasteiger partial charge in [0.15, 0.2) is 0 Å². The van der Waals surface area contributed by atoms with Gasteiger partial charge in [0, 0.05) is 17.0 Å². The zero-order valence-corrected chi connectivity index (χ0v) is 21.1. The SMILES string of the molecule is CN(C)Cc1ncc(-c2ccc(N3CC[C@H](NS(=O)(=O)CCc4ccc(Cl)s4)C3=O)c(F)c2)[nH]1. The highest BCUT2D eigenvalue weighted by atomic mass is 35.5. The third kappa shape index (κ3) is 5.84. The molecule has 1 aromatic carbocycles. The lowest BCUT2D eigenvalue weighted by atomic mass is 10.1. The summed E-state index contributed by atoms with van der Waals surface area (Å²) >= 11 is 7.21. The van der Waals surface area contributed by atoms with Crippen molar-refractivity contribution in [3.8, 4) is 11.3 Å². The predicted molar refractivity (Wildman–Crippen MR) is 132 cm³/mol. The first kappa shape index (κ1) is 24.8. The fourth-order valence-electron chi connectivity index (χ4n) is 3.81. The Bertz CT molecular complexity index is 1290. The third-order valence-corrected chi connectivity index (χ3v) is 8.09. The van der Waals surface area contributed by atoms with Gasteiger partial charge in [-0.05, 0) is 51.2 Å². The van der Waals surface area contributed by atoms with Crippen LogP contribution in [-0.4, -0.2) is 61.6 Å². The Hall–Kier alpha value is -2.31. The number of nitrogens with one attached hydrogen (secondary N) is 2. The number of carbonyl (C=O) groups excluding carboxylic acids is 1. The summed E-state index contributed by atoms with van der Waals surface area (Å²) < 4.78 is 43.0. The summed E-state index contributed by atoms with van der Waals surface area (Å²) in [6, 6.07) is 7.17. The van der Waals surface area contributed by atoms with E-state index in [0.29, 0.717) is 28.6 Å². The molecular weight excluding hydrogens is 501 g/mol. The van der Waals surface area contributed by atoms with Gasteiger partial charge in [-0.15, -0.1) is 11.3 Å². The van der Waals surface area contributed by atoms with Crippen molar-refractivity contribution in [1.82, 2.24) is 19.6 Å². The van der Waals surface area contributed by atoms with E-state index >= 15 is 0 Å². The molecule has 1 fully saturated rings. The molecule has 8 nitrogen and oxygen atoms in total. The van der Waals surface area contributed by atoms with Gasteiger partial charge in [-0.2, -0.15) is 0 Å². The number of hydrogen-bond donors (Lipinski definition) is 2. The van der Waals surface area contributed by atoms with E-state index in [-0.39, 0.29) is 24.4 Å². The number of nitrogens with zero attached hydrogens (tertiary/aromatic N) is 3. The lowest BCUT2D eigenvalue weighted by Gasteiger charge is -2.18. The second-order valence-electron chi connectivity index (χ2n) is 8.37. The molecule has 3 aromatic rings. The number of thiophene rings is 1. The van der Waals surface area contributed by atoms with Crippen LogP contribution in [0.4, 0.5) is 10.1 Å². The minimum absolute atomic E-state index is 0.122. The fraction of sp³-hybridized carbons (Fsp3) is 0.364. The first-order valence-electron chi connectivity index (χ1n) is 10.7. The van der Waals surface area contributed by atoms with E-state index in [9.17, 15) is 17.6 Å². The Morgan fingerprint density at radius 1 is 1.32 bits per heavy atom. The molecule has 1 aliphatic rings. The summed E-state index contributed by atoms with van der Waals surface area (Å²) in [6.45, 7) is 0.848. The summed E-state index contributed by atoms with van der Waals surface area (Å²) in [5.41, 5.74) is 1.40. The smallest absolute Gasteiger partial charge is 0.245 e. The summed E-state index contributed by atoms with van der Waals surface area (Å²) in [5, 5.41) is 0. The van der Waals surface area contributed by atoms with Crippen LogP contribution in [0.1, 0.15) is 17.1 Å². The molecule has 182 valence electrons. The van der Waals surface area contributed by atoms with Crippen LogP contribution in [0, 0.1) is 5.82 Å². The van der Waals surface area contributed by atoms with Crippen LogP contribution in [0.25, 0.3) is 11.3 Å². The highest BCUT2D eigenvalue weighted by Gasteiger charge is 2.36. The fourth-order valence-corrected chi connectivity index (χ4v) is 6.28. The Kier molecular flexibility index (Phi) is 7.39. The number of carbonyl (C=O) groups is 1. The number of rotatable bonds is 9. The molecule has 3 heterocycles. The number of sulfonamides is 1. The van der Waals surface area contributed by atoms with Crippen LogP contribution >= 0.6 is 22.9 Å². The van der Waals surface area contributed by atoms with E-state index in [1.807, 2.05) is 19.0 Å². The van der Waals surface area contributed by atoms with Gasteiger partial charge in [0.2, 0.25) is 15.9 Å². The van der Waals surface area contributed by atoms with E-state index in [1.54, 1.807) is 24.4 Å². The van der Waals surface area contributed by atoms with Crippen molar-refractivity contribution in [3.63, 3.8) is 0 Å². The molecule has 0 saturated carbocycles. The molecule has 0 bridgehead atoms. The number of aromatic amines is 1. The number of amides is 1. The van der Waals surface area contributed by atoms with E-state index in [1.165, 1.54) is 28.4 Å². The van der Waals surface area contributed by atoms with E-state index in [0.717, 1.165) is 10.7 Å². The Labute approximate surface area is 206 Å². The minimum Gasteiger partial charge on any atom is -0.341 e. The number of imidazole rings is 1. The number of halogens is 2. The van der Waals surface area contributed by atoms with Crippen molar-refractivity contribution in [1.29, 1.82) is 0 Å². The average molecular weight is 526 g/mol. The van der Waals surface area contributed by atoms with Gasteiger partial charge in [-0.3, -0.25) is 4.79 Å². The Morgan fingerprint density at radius 3 is 2.79 bits per heavy atom. The first-order chi connectivity index (χ1) is 16.1. The van der Waals surface area contributed by atoms with Crippen molar-refractivity contribution >= 4 is 44.6 Å². The molecular formula is C22H25ClFN5O3S2. The van der Waals surface area contributed by atoms with Crippen molar-refractivity contribution in [3.05, 3.63) is 57.4 Å². The van der Waals surface area contributed by atoms with Crippen LogP contribution in [-0.2, 0) is 27.8 Å².